The van der Waals surface area contributed by atoms with Crippen LogP contribution in [0.25, 0.3) is 0 Å². The van der Waals surface area contributed by atoms with E-state index in [0.29, 0.717) is 0 Å². The number of aliphatic hydroxyl groups is 1. The lowest BCUT2D eigenvalue weighted by molar-refractivity contribution is -0.163. The number of ether oxygens (including phenoxy) is 2. The van der Waals surface area contributed by atoms with Crippen LogP contribution in [-0.4, -0.2) is 86.3 Å². The number of nitriles is 1. The molecule has 3 aliphatic heterocycles. The standard InChI is InChI=1S/C23H26N4O7S/c1-23(2)17(21(31)33-9-8-24)27-19(30)16(20(27)35-23)25-18(29)15-10-14(28)11-26(15)22(32)34-12-13-6-4-3-5-7-13/h3-7,14-17,20,28H,9-12H2,1-2H3,(H,25,29)/t14-,15+,16-,17+,20-/m1/s1. The van der Waals surface area contributed by atoms with E-state index in [2.05, 4.69) is 5.32 Å². The molecule has 0 saturated carbocycles. The normalized spacial score (nSPS) is 28.5. The highest BCUT2D eigenvalue weighted by Gasteiger charge is 2.64. The minimum absolute atomic E-state index is 0.0172. The number of nitrogens with one attached hydrogen (secondary N) is 1. The molecule has 35 heavy (non-hydrogen) atoms. The number of thioether (sulfide) groups is 1. The van der Waals surface area contributed by atoms with Gasteiger partial charge in [-0.1, -0.05) is 30.3 Å². The van der Waals surface area contributed by atoms with E-state index in [9.17, 15) is 24.3 Å². The van der Waals surface area contributed by atoms with Crippen molar-refractivity contribution in [3.63, 3.8) is 0 Å². The van der Waals surface area contributed by atoms with Gasteiger partial charge in [-0.05, 0) is 19.4 Å². The molecule has 0 aliphatic carbocycles. The van der Waals surface area contributed by atoms with Crippen molar-refractivity contribution < 1.29 is 33.8 Å². The predicted octanol–water partition coefficient (Wildman–Crippen LogP) is 0.372. The summed E-state index contributed by atoms with van der Waals surface area (Å²) in [5.74, 6) is -1.70. The molecule has 11 nitrogen and oxygen atoms in total. The summed E-state index contributed by atoms with van der Waals surface area (Å²) in [6.07, 6.45) is -1.62. The Balaban J connectivity index is 1.39. The fourth-order valence-corrected chi connectivity index (χ4v) is 6.25. The Bertz CT molecular complexity index is 1060. The number of carbonyl (C=O) groups excluding carboxylic acids is 4. The van der Waals surface area contributed by atoms with Crippen LogP contribution in [-0.2, 0) is 30.5 Å². The third kappa shape index (κ3) is 4.78. The van der Waals surface area contributed by atoms with Crippen LogP contribution < -0.4 is 5.32 Å². The highest BCUT2D eigenvalue weighted by atomic mass is 32.2. The van der Waals surface area contributed by atoms with E-state index in [4.69, 9.17) is 14.7 Å². The molecule has 0 radical (unpaired) electrons. The molecule has 0 bridgehead atoms. The number of rotatable bonds is 6. The Hall–Kier alpha value is -3.30. The summed E-state index contributed by atoms with van der Waals surface area (Å²) in [5, 5.41) is 21.0. The summed E-state index contributed by atoms with van der Waals surface area (Å²) in [6, 6.07) is 8.03. The average Bonchev–Trinajstić information content (AvgIpc) is 3.35. The highest BCUT2D eigenvalue weighted by molar-refractivity contribution is 8.01. The molecule has 1 aromatic rings. The summed E-state index contributed by atoms with van der Waals surface area (Å²) in [4.78, 5) is 53.6. The number of β-lactam (4-membered cyclic amide) rings is 1. The first-order valence-corrected chi connectivity index (χ1v) is 12.0. The van der Waals surface area contributed by atoms with Crippen LogP contribution in [0.15, 0.2) is 30.3 Å². The van der Waals surface area contributed by atoms with Crippen molar-refractivity contribution in [1.82, 2.24) is 15.1 Å². The molecular weight excluding hydrogens is 476 g/mol. The van der Waals surface area contributed by atoms with Crippen molar-refractivity contribution in [3.8, 4) is 6.07 Å². The summed E-state index contributed by atoms with van der Waals surface area (Å²) < 4.78 is 9.56. The van der Waals surface area contributed by atoms with Gasteiger partial charge in [-0.3, -0.25) is 14.5 Å². The van der Waals surface area contributed by atoms with Crippen molar-refractivity contribution in [3.05, 3.63) is 35.9 Å². The van der Waals surface area contributed by atoms with Crippen LogP contribution in [0.4, 0.5) is 4.79 Å². The van der Waals surface area contributed by atoms with Crippen LogP contribution in [0, 0.1) is 11.3 Å². The second-order valence-corrected chi connectivity index (χ2v) is 10.9. The first-order valence-electron chi connectivity index (χ1n) is 11.1. The lowest BCUT2D eigenvalue weighted by Crippen LogP contribution is -2.71. The number of hydrogen-bond donors (Lipinski definition) is 2. The number of amides is 3. The molecule has 2 N–H and O–H groups in total. The van der Waals surface area contributed by atoms with Gasteiger partial charge < -0.3 is 24.8 Å². The maximum Gasteiger partial charge on any atom is 0.410 e. The molecule has 0 aromatic heterocycles. The van der Waals surface area contributed by atoms with Gasteiger partial charge in [-0.2, -0.15) is 5.26 Å². The van der Waals surface area contributed by atoms with Gasteiger partial charge in [0.15, 0.2) is 6.61 Å². The molecule has 0 unspecified atom stereocenters. The van der Waals surface area contributed by atoms with E-state index in [-0.39, 0.29) is 19.6 Å². The SMILES string of the molecule is CC1(C)S[C@@H]2[C@H](NC(=O)[C@@H]3C[C@@H](O)CN3C(=O)OCc3ccccc3)C(=O)N2[C@H]1C(=O)OCC#N. The van der Waals surface area contributed by atoms with Gasteiger partial charge >= 0.3 is 12.1 Å². The maximum atomic E-state index is 13.1. The smallest absolute Gasteiger partial charge is 0.410 e. The zero-order valence-corrected chi connectivity index (χ0v) is 20.1. The van der Waals surface area contributed by atoms with Crippen molar-refractivity contribution in [1.29, 1.82) is 5.26 Å². The zero-order chi connectivity index (χ0) is 25.3. The van der Waals surface area contributed by atoms with E-state index >= 15 is 0 Å². The third-order valence-electron chi connectivity index (χ3n) is 6.26. The van der Waals surface area contributed by atoms with Gasteiger partial charge in [0, 0.05) is 11.2 Å². The molecule has 5 atom stereocenters. The number of fused-ring (bicyclic) bond motifs is 1. The lowest BCUT2D eigenvalue weighted by atomic mass is 9.95. The van der Waals surface area contributed by atoms with Crippen LogP contribution in [0.3, 0.4) is 0 Å². The van der Waals surface area contributed by atoms with Crippen molar-refractivity contribution >= 4 is 35.6 Å². The number of β-amino-alcohol motifs (C(OH)–C–C–N with tert-alkyl or cyclic N) is 1. The lowest BCUT2D eigenvalue weighted by Gasteiger charge is -2.44. The molecular formula is C23H26N4O7S. The number of nitrogens with zero attached hydrogens (tertiary/aromatic N) is 3. The molecule has 4 rings (SSSR count). The van der Waals surface area contributed by atoms with Crippen LogP contribution in [0.5, 0.6) is 0 Å². The molecule has 1 aromatic carbocycles. The Morgan fingerprint density at radius 2 is 1.97 bits per heavy atom. The summed E-state index contributed by atoms with van der Waals surface area (Å²) >= 11 is 1.35. The summed E-state index contributed by atoms with van der Waals surface area (Å²) in [7, 11) is 0. The summed E-state index contributed by atoms with van der Waals surface area (Å²) in [6.45, 7) is 3.13. The minimum atomic E-state index is -0.995. The third-order valence-corrected chi connectivity index (χ3v) is 7.83. The first-order chi connectivity index (χ1) is 16.6. The minimum Gasteiger partial charge on any atom is -0.449 e. The zero-order valence-electron chi connectivity index (χ0n) is 19.2. The second-order valence-electron chi connectivity index (χ2n) is 9.11. The number of aliphatic hydroxyl groups excluding tert-OH is 1. The number of hydrogen-bond acceptors (Lipinski definition) is 9. The monoisotopic (exact) mass is 502 g/mol. The molecule has 3 fully saturated rings. The van der Waals surface area contributed by atoms with E-state index < -0.39 is 64.8 Å². The van der Waals surface area contributed by atoms with Crippen LogP contribution >= 0.6 is 11.8 Å². The average molecular weight is 503 g/mol. The Labute approximate surface area is 206 Å². The van der Waals surface area contributed by atoms with Gasteiger partial charge in [0.2, 0.25) is 11.8 Å². The van der Waals surface area contributed by atoms with Gasteiger partial charge in [0.1, 0.15) is 36.2 Å². The number of likely N-dealkylation sites (tertiary alicyclic amines) is 1. The Morgan fingerprint density at radius 3 is 2.66 bits per heavy atom. The van der Waals surface area contributed by atoms with E-state index in [1.54, 1.807) is 32.0 Å². The van der Waals surface area contributed by atoms with Crippen molar-refractivity contribution in [2.24, 2.45) is 0 Å². The molecule has 3 saturated heterocycles. The first kappa shape index (κ1) is 24.8. The molecule has 186 valence electrons. The van der Waals surface area contributed by atoms with Crippen molar-refractivity contribution in [2.75, 3.05) is 13.2 Å². The topological polar surface area (TPSA) is 149 Å². The van der Waals surface area contributed by atoms with Crippen molar-refractivity contribution in [2.45, 2.75) is 61.2 Å². The van der Waals surface area contributed by atoms with E-state index in [1.807, 2.05) is 18.2 Å². The largest absolute Gasteiger partial charge is 0.449 e. The number of carbonyl (C=O) groups is 4. The number of benzene rings is 1. The summed E-state index contributed by atoms with van der Waals surface area (Å²) in [5.41, 5.74) is 0.783. The fourth-order valence-electron chi connectivity index (χ4n) is 4.62. The Morgan fingerprint density at radius 1 is 1.26 bits per heavy atom. The van der Waals surface area contributed by atoms with Gasteiger partial charge in [0.25, 0.3) is 0 Å². The molecule has 12 heteroatoms. The van der Waals surface area contributed by atoms with Gasteiger partial charge in [-0.25, -0.2) is 9.59 Å². The van der Waals surface area contributed by atoms with Gasteiger partial charge in [-0.15, -0.1) is 11.8 Å². The number of esters is 1. The van der Waals surface area contributed by atoms with Crippen LogP contribution in [0.1, 0.15) is 25.8 Å². The van der Waals surface area contributed by atoms with Gasteiger partial charge in [0.05, 0.1) is 12.6 Å². The second kappa shape index (κ2) is 9.75. The van der Waals surface area contributed by atoms with E-state index in [0.717, 1.165) is 10.5 Å². The Kier molecular flexibility index (Phi) is 6.91. The molecule has 3 heterocycles. The molecule has 3 aliphatic rings. The molecule has 3 amide bonds. The highest BCUT2D eigenvalue weighted by Crippen LogP contribution is 2.51. The van der Waals surface area contributed by atoms with Crippen LogP contribution in [0.2, 0.25) is 0 Å². The maximum absolute atomic E-state index is 13.1. The molecule has 0 spiro atoms. The predicted molar refractivity (Wildman–Crippen MR) is 122 cm³/mol. The van der Waals surface area contributed by atoms with E-state index in [1.165, 1.54) is 16.7 Å². The fraction of sp³-hybridized carbons (Fsp3) is 0.522. The quantitative estimate of drug-likeness (QED) is 0.416.